The molecular formula is C45H43BN2OSi. The Labute approximate surface area is 300 Å². The molecule has 0 spiro atoms. The van der Waals surface area contributed by atoms with Crippen LogP contribution >= 0.6 is 0 Å². The Hall–Kier alpha value is -5.39. The van der Waals surface area contributed by atoms with Crippen LogP contribution in [-0.2, 0) is 5.16 Å². The van der Waals surface area contributed by atoms with Gasteiger partial charge in [0.1, 0.15) is 15.3 Å². The standard InChI is InChI=1S/C27H28N2OSi.C18H15B/c1-2-3-10-20-30-25-16-11-17-26(21-25)31-27(29-19-18-28-22-29,23-12-6-4-7-13-23)24-14-8-5-9-15-24;1-4-10-16(11-5-1)19(17-12-6-2-7-13-17)18-14-8-3-9-15-18/h4-9,11-19,21-22H,2-3,10,20H2,1H3;1-15H. The van der Waals surface area contributed by atoms with Gasteiger partial charge in [-0.15, -0.1) is 0 Å². The molecule has 0 amide bonds. The number of benzene rings is 6. The fourth-order valence-electron chi connectivity index (χ4n) is 6.42. The molecule has 0 saturated heterocycles. The van der Waals surface area contributed by atoms with E-state index in [1.54, 1.807) is 0 Å². The summed E-state index contributed by atoms with van der Waals surface area (Å²) in [5, 5.41) is 0.884. The maximum absolute atomic E-state index is 6.05. The minimum Gasteiger partial charge on any atom is -0.494 e. The van der Waals surface area contributed by atoms with Gasteiger partial charge in [-0.1, -0.05) is 205 Å². The fourth-order valence-corrected chi connectivity index (χ4v) is 8.11. The third-order valence-electron chi connectivity index (χ3n) is 8.85. The van der Waals surface area contributed by atoms with Crippen molar-refractivity contribution in [2.75, 3.05) is 6.61 Å². The van der Waals surface area contributed by atoms with Crippen molar-refractivity contribution in [1.29, 1.82) is 0 Å². The molecule has 0 bridgehead atoms. The first-order chi connectivity index (χ1) is 24.8. The molecule has 246 valence electrons. The summed E-state index contributed by atoms with van der Waals surface area (Å²) >= 11 is 0. The van der Waals surface area contributed by atoms with Crippen molar-refractivity contribution in [3.05, 3.63) is 206 Å². The molecule has 0 N–H and O–H groups in total. The summed E-state index contributed by atoms with van der Waals surface area (Å²) in [6, 6.07) is 62.0. The second-order valence-corrected chi connectivity index (χ2v) is 13.8. The molecule has 0 saturated carbocycles. The molecule has 0 fully saturated rings. The van der Waals surface area contributed by atoms with Crippen molar-refractivity contribution in [2.24, 2.45) is 0 Å². The van der Waals surface area contributed by atoms with Gasteiger partial charge in [0.15, 0.2) is 0 Å². The van der Waals surface area contributed by atoms with Crippen molar-refractivity contribution < 1.29 is 4.74 Å². The van der Waals surface area contributed by atoms with E-state index in [9.17, 15) is 0 Å². The average Bonchev–Trinajstić information content (AvgIpc) is 3.74. The van der Waals surface area contributed by atoms with E-state index in [-0.39, 0.29) is 5.16 Å². The van der Waals surface area contributed by atoms with Gasteiger partial charge in [-0.3, -0.25) is 0 Å². The van der Waals surface area contributed by atoms with E-state index < -0.39 is 0 Å². The number of imidazole rings is 1. The number of rotatable bonds is 13. The highest BCUT2D eigenvalue weighted by Gasteiger charge is 2.37. The van der Waals surface area contributed by atoms with Crippen LogP contribution < -0.4 is 26.3 Å². The molecule has 7 aromatic rings. The zero-order chi connectivity index (χ0) is 34.3. The van der Waals surface area contributed by atoms with Crippen molar-refractivity contribution in [3.63, 3.8) is 0 Å². The predicted octanol–water partition coefficient (Wildman–Crippen LogP) is 7.43. The molecule has 2 radical (unpaired) electrons. The second-order valence-electron chi connectivity index (χ2n) is 12.3. The van der Waals surface area contributed by atoms with Gasteiger partial charge in [0.25, 0.3) is 0 Å². The maximum Gasteiger partial charge on any atom is 0.241 e. The molecule has 0 aliphatic carbocycles. The molecular weight excluding hydrogens is 623 g/mol. The van der Waals surface area contributed by atoms with E-state index in [1.165, 1.54) is 45.5 Å². The van der Waals surface area contributed by atoms with E-state index in [4.69, 9.17) is 4.74 Å². The number of ether oxygens (including phenoxy) is 1. The average molecular weight is 667 g/mol. The van der Waals surface area contributed by atoms with E-state index in [1.807, 2.05) is 12.5 Å². The Kier molecular flexibility index (Phi) is 12.3. The smallest absolute Gasteiger partial charge is 0.241 e. The Bertz CT molecular complexity index is 1820. The third-order valence-corrected chi connectivity index (χ3v) is 10.6. The number of hydrogen-bond acceptors (Lipinski definition) is 2. The number of aromatic nitrogens is 2. The second kappa shape index (κ2) is 17.8. The zero-order valence-electron chi connectivity index (χ0n) is 28.7. The van der Waals surface area contributed by atoms with Crippen LogP contribution in [0.15, 0.2) is 195 Å². The lowest BCUT2D eigenvalue weighted by molar-refractivity contribution is 0.306. The number of unbranched alkanes of at least 4 members (excludes halogenated alkanes) is 2. The first-order valence-electron chi connectivity index (χ1n) is 17.5. The quantitative estimate of drug-likeness (QED) is 0.0946. The van der Waals surface area contributed by atoms with Crippen LogP contribution in [0, 0.1) is 0 Å². The Morgan fingerprint density at radius 1 is 0.600 bits per heavy atom. The number of hydrogen-bond donors (Lipinski definition) is 0. The maximum atomic E-state index is 6.05. The summed E-state index contributed by atoms with van der Waals surface area (Å²) in [7, 11) is 0.460. The van der Waals surface area contributed by atoms with Crippen molar-refractivity contribution in [3.8, 4) is 5.75 Å². The van der Waals surface area contributed by atoms with Gasteiger partial charge in [0, 0.05) is 12.4 Å². The van der Waals surface area contributed by atoms with Crippen LogP contribution in [-0.4, -0.2) is 32.4 Å². The minimum absolute atomic E-state index is 0.309. The summed E-state index contributed by atoms with van der Waals surface area (Å²) in [5.41, 5.74) is 6.48. The van der Waals surface area contributed by atoms with Crippen LogP contribution in [0.1, 0.15) is 37.3 Å². The third kappa shape index (κ3) is 8.60. The highest BCUT2D eigenvalue weighted by molar-refractivity contribution is 6.95. The van der Waals surface area contributed by atoms with Crippen LogP contribution in [0.5, 0.6) is 5.75 Å². The minimum atomic E-state index is -0.375. The highest BCUT2D eigenvalue weighted by Crippen LogP contribution is 2.33. The fraction of sp³-hybridized carbons (Fsp3) is 0.133. The normalized spacial score (nSPS) is 10.9. The first-order valence-corrected chi connectivity index (χ1v) is 18.5. The molecule has 5 heteroatoms. The molecule has 0 unspecified atom stereocenters. The van der Waals surface area contributed by atoms with E-state index in [2.05, 4.69) is 199 Å². The van der Waals surface area contributed by atoms with Gasteiger partial charge in [-0.25, -0.2) is 4.98 Å². The summed E-state index contributed by atoms with van der Waals surface area (Å²) in [6.45, 7) is 3.29. The highest BCUT2D eigenvalue weighted by atomic mass is 28.2. The summed E-state index contributed by atoms with van der Waals surface area (Å²) in [6.07, 6.45) is 9.35. The Morgan fingerprint density at radius 2 is 1.10 bits per heavy atom. The van der Waals surface area contributed by atoms with Gasteiger partial charge in [0.05, 0.1) is 18.1 Å². The van der Waals surface area contributed by atoms with E-state index in [0.29, 0.717) is 16.2 Å². The summed E-state index contributed by atoms with van der Waals surface area (Å²) in [5.74, 6) is 0.946. The summed E-state index contributed by atoms with van der Waals surface area (Å²) < 4.78 is 8.29. The van der Waals surface area contributed by atoms with Crippen LogP contribution in [0.4, 0.5) is 0 Å². The lowest BCUT2D eigenvalue weighted by atomic mass is 9.37. The first kappa shape index (κ1) is 34.5. The molecule has 0 aliphatic heterocycles. The molecule has 1 aromatic heterocycles. The topological polar surface area (TPSA) is 27.1 Å². The molecule has 6 aromatic carbocycles. The monoisotopic (exact) mass is 666 g/mol. The molecule has 3 nitrogen and oxygen atoms in total. The van der Waals surface area contributed by atoms with Gasteiger partial charge in [-0.05, 0) is 29.7 Å². The zero-order valence-corrected chi connectivity index (χ0v) is 29.7. The summed E-state index contributed by atoms with van der Waals surface area (Å²) in [4.78, 5) is 4.40. The SMILES string of the molecule is CCCCCOc1cccc([Si]C(c2ccccc2)(c2ccccc2)n2ccnc2)c1.c1ccc(B(c2ccccc2)c2ccccc2)cc1. The lowest BCUT2D eigenvalue weighted by Gasteiger charge is -2.36. The van der Waals surface area contributed by atoms with Crippen LogP contribution in [0.2, 0.25) is 0 Å². The van der Waals surface area contributed by atoms with Gasteiger partial charge >= 0.3 is 0 Å². The van der Waals surface area contributed by atoms with Gasteiger partial charge in [0.2, 0.25) is 6.71 Å². The number of nitrogens with zero attached hydrogens (tertiary/aromatic N) is 2. The lowest BCUT2D eigenvalue weighted by Crippen LogP contribution is -2.51. The van der Waals surface area contributed by atoms with Crippen molar-refractivity contribution >= 4 is 37.8 Å². The van der Waals surface area contributed by atoms with Crippen LogP contribution in [0.3, 0.4) is 0 Å². The molecule has 7 rings (SSSR count). The molecule has 0 aliphatic rings. The van der Waals surface area contributed by atoms with Crippen molar-refractivity contribution in [1.82, 2.24) is 9.55 Å². The largest absolute Gasteiger partial charge is 0.494 e. The Balaban J connectivity index is 0.000000194. The van der Waals surface area contributed by atoms with Crippen molar-refractivity contribution in [2.45, 2.75) is 31.3 Å². The van der Waals surface area contributed by atoms with E-state index >= 15 is 0 Å². The van der Waals surface area contributed by atoms with E-state index in [0.717, 1.165) is 18.8 Å². The molecule has 0 atom stereocenters. The van der Waals surface area contributed by atoms with Gasteiger partial charge in [-0.2, -0.15) is 0 Å². The Morgan fingerprint density at radius 3 is 1.56 bits per heavy atom. The molecule has 1 heterocycles. The predicted molar refractivity (Wildman–Crippen MR) is 212 cm³/mol. The van der Waals surface area contributed by atoms with Gasteiger partial charge < -0.3 is 9.30 Å². The van der Waals surface area contributed by atoms with Crippen LogP contribution in [0.25, 0.3) is 0 Å². The molecule has 50 heavy (non-hydrogen) atoms.